The van der Waals surface area contributed by atoms with Crippen LogP contribution in [0.5, 0.6) is 0 Å². The third kappa shape index (κ3) is 4.88. The fraction of sp³-hybridized carbons (Fsp3) is 0.500. The number of aliphatic carboxylic acids is 1. The maximum absolute atomic E-state index is 11.9. The molecule has 1 aromatic carbocycles. The second kappa shape index (κ2) is 9.92. The summed E-state index contributed by atoms with van der Waals surface area (Å²) in [4.78, 5) is 30.9. The highest BCUT2D eigenvalue weighted by molar-refractivity contribution is 5.86. The Bertz CT molecular complexity index is 1440. The first kappa shape index (κ1) is 25.8. The lowest BCUT2D eigenvalue weighted by molar-refractivity contribution is -0.136. The van der Waals surface area contributed by atoms with E-state index in [1.165, 1.54) is 28.8 Å². The average Bonchev–Trinajstić information content (AvgIpc) is 3.39. The normalized spacial score (nSPS) is 18.2. The van der Waals surface area contributed by atoms with Gasteiger partial charge in [0.1, 0.15) is 12.1 Å². The maximum Gasteiger partial charge on any atom is 0.307 e. The Morgan fingerprint density at radius 3 is 2.54 bits per heavy atom. The molecule has 6 rings (SSSR count). The minimum Gasteiger partial charge on any atom is -0.481 e. The summed E-state index contributed by atoms with van der Waals surface area (Å²) in [5.41, 5.74) is 11.5. The van der Waals surface area contributed by atoms with Crippen molar-refractivity contribution in [3.63, 3.8) is 0 Å². The highest BCUT2D eigenvalue weighted by Gasteiger charge is 2.31. The molecule has 2 aliphatic heterocycles. The van der Waals surface area contributed by atoms with Gasteiger partial charge in [0.25, 0.3) is 0 Å². The first-order valence-electron chi connectivity index (χ1n) is 14.4. The van der Waals surface area contributed by atoms with E-state index in [1.807, 2.05) is 6.92 Å². The Balaban J connectivity index is 1.38. The molecule has 1 saturated heterocycles. The molecule has 7 nitrogen and oxygen atoms in total. The van der Waals surface area contributed by atoms with Crippen LogP contribution in [0, 0.1) is 19.3 Å². The number of carboxylic acid groups (broad SMARTS) is 1. The number of carbonyl (C=O) groups is 1. The molecule has 0 radical (unpaired) electrons. The van der Waals surface area contributed by atoms with Crippen LogP contribution in [-0.2, 0) is 37.0 Å². The zero-order valence-electron chi connectivity index (χ0n) is 23.7. The van der Waals surface area contributed by atoms with Gasteiger partial charge in [0.05, 0.1) is 12.1 Å². The second-order valence-corrected chi connectivity index (χ2v) is 12.3. The highest BCUT2D eigenvalue weighted by Crippen LogP contribution is 2.42. The number of hydrogen-bond acceptors (Lipinski definition) is 6. The zero-order chi connectivity index (χ0) is 27.3. The summed E-state index contributed by atoms with van der Waals surface area (Å²) >= 11 is 0. The monoisotopic (exact) mass is 525 g/mol. The summed E-state index contributed by atoms with van der Waals surface area (Å²) in [6.45, 7) is 12.3. The Morgan fingerprint density at radius 1 is 0.974 bits per heavy atom. The van der Waals surface area contributed by atoms with Gasteiger partial charge in [-0.1, -0.05) is 32.0 Å². The van der Waals surface area contributed by atoms with Crippen LogP contribution in [0.2, 0.25) is 0 Å². The number of anilines is 2. The van der Waals surface area contributed by atoms with Crippen LogP contribution >= 0.6 is 0 Å². The van der Waals surface area contributed by atoms with Crippen molar-refractivity contribution < 1.29 is 9.90 Å². The molecule has 2 aromatic heterocycles. The molecule has 0 bridgehead atoms. The number of rotatable bonds is 5. The number of aromatic nitrogens is 3. The van der Waals surface area contributed by atoms with Crippen molar-refractivity contribution in [2.24, 2.45) is 5.41 Å². The predicted molar refractivity (Wildman–Crippen MR) is 155 cm³/mol. The van der Waals surface area contributed by atoms with Gasteiger partial charge < -0.3 is 14.9 Å². The fourth-order valence-corrected chi connectivity index (χ4v) is 6.77. The van der Waals surface area contributed by atoms with Gasteiger partial charge in [-0.05, 0) is 74.5 Å². The number of carboxylic acids is 1. The van der Waals surface area contributed by atoms with Crippen molar-refractivity contribution in [2.75, 3.05) is 29.4 Å². The van der Waals surface area contributed by atoms with Gasteiger partial charge in [0.15, 0.2) is 0 Å². The van der Waals surface area contributed by atoms with Crippen LogP contribution in [0.25, 0.3) is 11.1 Å². The third-order valence-electron chi connectivity index (χ3n) is 9.08. The van der Waals surface area contributed by atoms with E-state index in [0.717, 1.165) is 97.9 Å². The number of piperidine rings is 1. The van der Waals surface area contributed by atoms with Crippen molar-refractivity contribution in [1.82, 2.24) is 15.0 Å². The molecule has 204 valence electrons. The van der Waals surface area contributed by atoms with E-state index >= 15 is 0 Å². The lowest BCUT2D eigenvalue weighted by Gasteiger charge is -2.40. The van der Waals surface area contributed by atoms with Crippen molar-refractivity contribution in [3.05, 3.63) is 63.9 Å². The van der Waals surface area contributed by atoms with Crippen molar-refractivity contribution in [2.45, 2.75) is 79.2 Å². The molecule has 3 aromatic rings. The van der Waals surface area contributed by atoms with E-state index in [4.69, 9.17) is 9.97 Å². The molecule has 4 heterocycles. The van der Waals surface area contributed by atoms with E-state index in [1.54, 1.807) is 6.33 Å². The molecule has 1 N–H and O–H groups in total. The maximum atomic E-state index is 11.9. The minimum atomic E-state index is -0.810. The van der Waals surface area contributed by atoms with Crippen molar-refractivity contribution >= 4 is 17.5 Å². The summed E-state index contributed by atoms with van der Waals surface area (Å²) in [6, 6.07) is 6.81. The molecule has 0 spiro atoms. The molecule has 3 aliphatic rings. The quantitative estimate of drug-likeness (QED) is 0.474. The van der Waals surface area contributed by atoms with Gasteiger partial charge in [-0.25, -0.2) is 9.97 Å². The molecule has 0 unspecified atom stereocenters. The minimum absolute atomic E-state index is 0.00943. The summed E-state index contributed by atoms with van der Waals surface area (Å²) < 4.78 is 0. The molecular formula is C32H39N5O2. The first-order chi connectivity index (χ1) is 18.7. The van der Waals surface area contributed by atoms with Crippen LogP contribution in [0.3, 0.4) is 0 Å². The van der Waals surface area contributed by atoms with Crippen LogP contribution in [0.1, 0.15) is 72.4 Å². The van der Waals surface area contributed by atoms with Crippen molar-refractivity contribution in [1.29, 1.82) is 0 Å². The SMILES string of the molecule is Cc1nc(C)c(-c2ccc3c(c2)CCN(c2ncnc4c2CCC4)C3)c(N2CCC(C)(C)CC2)c1CC(=O)O. The van der Waals surface area contributed by atoms with E-state index in [9.17, 15) is 9.90 Å². The molecular weight excluding hydrogens is 486 g/mol. The standard InChI is InChI=1S/C32H39N5O2/c1-20-26(17-28(38)39)30(36-14-11-32(3,4)12-15-36)29(21(2)35-20)23-8-9-24-18-37(13-10-22(24)16-23)31-25-6-5-7-27(25)33-19-34-31/h8-9,16,19H,5-7,10-15,17-18H2,1-4H3,(H,38,39). The molecule has 0 amide bonds. The largest absolute Gasteiger partial charge is 0.481 e. The van der Waals surface area contributed by atoms with Crippen LogP contribution in [0.15, 0.2) is 24.5 Å². The smallest absolute Gasteiger partial charge is 0.307 e. The van der Waals surface area contributed by atoms with Crippen molar-refractivity contribution in [3.8, 4) is 11.1 Å². The first-order valence-corrected chi connectivity index (χ1v) is 14.4. The fourth-order valence-electron chi connectivity index (χ4n) is 6.77. The van der Waals surface area contributed by atoms with E-state index < -0.39 is 5.97 Å². The van der Waals surface area contributed by atoms with Crippen LogP contribution in [0.4, 0.5) is 11.5 Å². The number of benzene rings is 1. The summed E-state index contributed by atoms with van der Waals surface area (Å²) in [5.74, 6) is 0.300. The molecule has 7 heteroatoms. The molecule has 39 heavy (non-hydrogen) atoms. The van der Waals surface area contributed by atoms with Gasteiger partial charge in [0, 0.05) is 60.0 Å². The number of aryl methyl sites for hydroxylation is 3. The topological polar surface area (TPSA) is 82.5 Å². The Morgan fingerprint density at radius 2 is 1.77 bits per heavy atom. The van der Waals surface area contributed by atoms with Crippen LogP contribution in [-0.4, -0.2) is 45.7 Å². The molecule has 1 aliphatic carbocycles. The Kier molecular flexibility index (Phi) is 6.56. The predicted octanol–water partition coefficient (Wildman–Crippen LogP) is 5.46. The number of fused-ring (bicyclic) bond motifs is 2. The highest BCUT2D eigenvalue weighted by atomic mass is 16.4. The number of nitrogens with zero attached hydrogens (tertiary/aromatic N) is 5. The van der Waals surface area contributed by atoms with Crippen LogP contribution < -0.4 is 9.80 Å². The van der Waals surface area contributed by atoms with Gasteiger partial charge in [0.2, 0.25) is 0 Å². The zero-order valence-corrected chi connectivity index (χ0v) is 23.7. The van der Waals surface area contributed by atoms with E-state index in [-0.39, 0.29) is 6.42 Å². The lowest BCUT2D eigenvalue weighted by atomic mass is 9.82. The molecule has 1 fully saturated rings. The number of pyridine rings is 1. The van der Waals surface area contributed by atoms with E-state index in [0.29, 0.717) is 5.41 Å². The third-order valence-corrected chi connectivity index (χ3v) is 9.08. The van der Waals surface area contributed by atoms with Gasteiger partial charge in [-0.3, -0.25) is 9.78 Å². The average molecular weight is 526 g/mol. The van der Waals surface area contributed by atoms with Gasteiger partial charge in [-0.2, -0.15) is 0 Å². The second-order valence-electron chi connectivity index (χ2n) is 12.3. The Hall–Kier alpha value is -3.48. The van der Waals surface area contributed by atoms with E-state index in [2.05, 4.69) is 53.8 Å². The molecule has 0 saturated carbocycles. The van der Waals surface area contributed by atoms with Gasteiger partial charge in [-0.15, -0.1) is 0 Å². The number of hydrogen-bond donors (Lipinski definition) is 1. The molecule has 0 atom stereocenters. The summed E-state index contributed by atoms with van der Waals surface area (Å²) in [5, 5.41) is 9.80. The lowest BCUT2D eigenvalue weighted by Crippen LogP contribution is -2.38. The summed E-state index contributed by atoms with van der Waals surface area (Å²) in [6.07, 6.45) is 8.15. The van der Waals surface area contributed by atoms with Gasteiger partial charge >= 0.3 is 5.97 Å². The summed E-state index contributed by atoms with van der Waals surface area (Å²) in [7, 11) is 0. The Labute approximate surface area is 231 Å².